The van der Waals surface area contributed by atoms with Crippen molar-refractivity contribution in [2.24, 2.45) is 0 Å². The molecule has 2 aromatic heterocycles. The predicted octanol–water partition coefficient (Wildman–Crippen LogP) is 4.72. The van der Waals surface area contributed by atoms with Gasteiger partial charge in [0.25, 0.3) is 5.89 Å². The number of halogens is 3. The number of rotatable bonds is 7. The Morgan fingerprint density at radius 1 is 1.25 bits per heavy atom. The third-order valence-electron chi connectivity index (χ3n) is 3.94. The fourth-order valence-electron chi connectivity index (χ4n) is 2.40. The van der Waals surface area contributed by atoms with Crippen LogP contribution in [0.2, 0.25) is 5.02 Å². The summed E-state index contributed by atoms with van der Waals surface area (Å²) in [6, 6.07) is 8.82. The second-order valence-corrected chi connectivity index (χ2v) is 7.93. The number of alkyl halides is 2. The summed E-state index contributed by atoms with van der Waals surface area (Å²) in [5, 5.41) is 7.48. The fourth-order valence-corrected chi connectivity index (χ4v) is 3.52. The lowest BCUT2D eigenvalue weighted by atomic mass is 10.2. The minimum absolute atomic E-state index is 0.0337. The molecule has 148 valence electrons. The van der Waals surface area contributed by atoms with Crippen LogP contribution in [0.15, 0.2) is 40.9 Å². The van der Waals surface area contributed by atoms with E-state index >= 15 is 0 Å². The molecule has 3 aromatic rings. The lowest BCUT2D eigenvalue weighted by Gasteiger charge is -2.23. The van der Waals surface area contributed by atoms with Gasteiger partial charge >= 0.3 is 6.43 Å². The van der Waals surface area contributed by atoms with Crippen LogP contribution in [-0.2, 0) is 17.5 Å². The Morgan fingerprint density at radius 3 is 2.61 bits per heavy atom. The Hall–Kier alpha value is -2.39. The predicted molar refractivity (Wildman–Crippen MR) is 104 cm³/mol. The van der Waals surface area contributed by atoms with Gasteiger partial charge in [-0.15, -0.1) is 10.2 Å². The second-order valence-electron chi connectivity index (χ2n) is 5.86. The van der Waals surface area contributed by atoms with Crippen molar-refractivity contribution in [2.45, 2.75) is 26.8 Å². The zero-order valence-corrected chi connectivity index (χ0v) is 16.7. The summed E-state index contributed by atoms with van der Waals surface area (Å²) in [4.78, 5) is 4.31. The van der Waals surface area contributed by atoms with Gasteiger partial charge in [-0.1, -0.05) is 24.6 Å². The van der Waals surface area contributed by atoms with Crippen LogP contribution < -0.4 is 4.31 Å². The standard InChI is InChI=1S/C18H17ClF2N4O2S/c1-3-28(26)25(14-7-4-11(2)15(19)8-14)10-13-6-5-12(9-22-13)17-23-24-18(27-17)16(20)21/h4-9,16H,3,10H2,1-2H3. The van der Waals surface area contributed by atoms with Crippen molar-refractivity contribution in [3.8, 4) is 11.5 Å². The smallest absolute Gasteiger partial charge is 0.314 e. The zero-order valence-electron chi connectivity index (χ0n) is 15.1. The van der Waals surface area contributed by atoms with Gasteiger partial charge in [-0.05, 0) is 36.8 Å². The number of pyridine rings is 1. The van der Waals surface area contributed by atoms with Gasteiger partial charge < -0.3 is 4.42 Å². The summed E-state index contributed by atoms with van der Waals surface area (Å²) in [5.74, 6) is -0.337. The summed E-state index contributed by atoms with van der Waals surface area (Å²) in [7, 11) is -1.26. The fraction of sp³-hybridized carbons (Fsp3) is 0.278. The van der Waals surface area contributed by atoms with E-state index in [0.717, 1.165) is 11.3 Å². The molecule has 10 heteroatoms. The molecule has 0 saturated heterocycles. The Morgan fingerprint density at radius 2 is 2.04 bits per heavy atom. The van der Waals surface area contributed by atoms with E-state index in [1.54, 1.807) is 22.5 Å². The molecule has 1 aromatic carbocycles. The molecule has 0 N–H and O–H groups in total. The number of aromatic nitrogens is 3. The summed E-state index contributed by atoms with van der Waals surface area (Å²) >= 11 is 6.20. The summed E-state index contributed by atoms with van der Waals surface area (Å²) in [5.41, 5.74) is 2.71. The average molecular weight is 427 g/mol. The number of hydrogen-bond donors (Lipinski definition) is 0. The van der Waals surface area contributed by atoms with Crippen LogP contribution in [-0.4, -0.2) is 25.1 Å². The molecule has 1 atom stereocenters. The highest BCUT2D eigenvalue weighted by Crippen LogP contribution is 2.26. The monoisotopic (exact) mass is 426 g/mol. The zero-order chi connectivity index (χ0) is 20.3. The molecule has 6 nitrogen and oxygen atoms in total. The van der Waals surface area contributed by atoms with Gasteiger partial charge in [-0.2, -0.15) is 8.78 Å². The largest absolute Gasteiger partial charge is 0.415 e. The van der Waals surface area contributed by atoms with Gasteiger partial charge in [0.2, 0.25) is 5.89 Å². The van der Waals surface area contributed by atoms with E-state index < -0.39 is 23.3 Å². The summed E-state index contributed by atoms with van der Waals surface area (Å²) < 4.78 is 44.3. The number of aryl methyl sites for hydroxylation is 1. The molecule has 1 unspecified atom stereocenters. The van der Waals surface area contributed by atoms with E-state index in [9.17, 15) is 13.0 Å². The topological polar surface area (TPSA) is 72.1 Å². The van der Waals surface area contributed by atoms with Crippen LogP contribution in [0.3, 0.4) is 0 Å². The first-order valence-corrected chi connectivity index (χ1v) is 10.0. The highest BCUT2D eigenvalue weighted by molar-refractivity contribution is 7.86. The first-order valence-electron chi connectivity index (χ1n) is 8.38. The van der Waals surface area contributed by atoms with E-state index in [0.29, 0.717) is 22.0 Å². The van der Waals surface area contributed by atoms with E-state index in [-0.39, 0.29) is 12.4 Å². The van der Waals surface area contributed by atoms with Gasteiger partial charge in [0.1, 0.15) is 11.0 Å². The molecule has 0 aliphatic rings. The molecule has 3 rings (SSSR count). The molecular formula is C18H17ClF2N4O2S. The second kappa shape index (κ2) is 8.74. The SMILES string of the molecule is CCS(=O)N(Cc1ccc(-c2nnc(C(F)F)o2)cn1)c1ccc(C)c(Cl)c1. The first kappa shape index (κ1) is 20.3. The molecule has 0 aliphatic carbocycles. The van der Waals surface area contributed by atoms with Crippen LogP contribution in [0.5, 0.6) is 0 Å². The maximum atomic E-state index is 12.6. The van der Waals surface area contributed by atoms with Gasteiger partial charge in [0.15, 0.2) is 0 Å². The van der Waals surface area contributed by atoms with Crippen LogP contribution in [0.1, 0.15) is 30.5 Å². The molecule has 0 amide bonds. The third-order valence-corrected chi connectivity index (χ3v) is 5.67. The lowest BCUT2D eigenvalue weighted by Crippen LogP contribution is -2.27. The molecule has 0 bridgehead atoms. The Labute approximate surface area is 168 Å². The van der Waals surface area contributed by atoms with Crippen molar-refractivity contribution < 1.29 is 17.4 Å². The number of nitrogens with zero attached hydrogens (tertiary/aromatic N) is 4. The van der Waals surface area contributed by atoms with Crippen LogP contribution in [0.4, 0.5) is 14.5 Å². The van der Waals surface area contributed by atoms with Crippen molar-refractivity contribution in [1.82, 2.24) is 15.2 Å². The third kappa shape index (κ3) is 4.53. The normalized spacial score (nSPS) is 12.4. The molecule has 28 heavy (non-hydrogen) atoms. The first-order chi connectivity index (χ1) is 13.4. The lowest BCUT2D eigenvalue weighted by molar-refractivity contribution is 0.116. The van der Waals surface area contributed by atoms with Gasteiger partial charge in [-0.3, -0.25) is 9.29 Å². The Kier molecular flexibility index (Phi) is 6.35. The minimum Gasteiger partial charge on any atom is -0.415 e. The van der Waals surface area contributed by atoms with Crippen molar-refractivity contribution in [3.05, 3.63) is 58.7 Å². The highest BCUT2D eigenvalue weighted by atomic mass is 35.5. The van der Waals surface area contributed by atoms with Crippen molar-refractivity contribution in [2.75, 3.05) is 10.1 Å². The van der Waals surface area contributed by atoms with Crippen LogP contribution in [0.25, 0.3) is 11.5 Å². The molecule has 0 radical (unpaired) electrons. The van der Waals surface area contributed by atoms with Crippen molar-refractivity contribution in [3.63, 3.8) is 0 Å². The summed E-state index contributed by atoms with van der Waals surface area (Å²) in [6.07, 6.45) is -1.37. The van der Waals surface area contributed by atoms with Crippen LogP contribution >= 0.6 is 11.6 Å². The molecule has 0 spiro atoms. The van der Waals surface area contributed by atoms with Gasteiger partial charge in [0, 0.05) is 17.0 Å². The molecule has 0 aliphatic heterocycles. The number of benzene rings is 1. The summed E-state index contributed by atoms with van der Waals surface area (Å²) in [6.45, 7) is 4.00. The number of anilines is 1. The maximum Gasteiger partial charge on any atom is 0.314 e. The molecular weight excluding hydrogens is 410 g/mol. The number of hydrogen-bond acceptors (Lipinski definition) is 5. The minimum atomic E-state index is -2.83. The Balaban J connectivity index is 1.82. The van der Waals surface area contributed by atoms with Crippen molar-refractivity contribution >= 4 is 28.3 Å². The highest BCUT2D eigenvalue weighted by Gasteiger charge is 2.18. The Bertz CT molecular complexity index is 982. The quantitative estimate of drug-likeness (QED) is 0.546. The van der Waals surface area contributed by atoms with E-state index in [2.05, 4.69) is 15.2 Å². The van der Waals surface area contributed by atoms with Crippen LogP contribution in [0, 0.1) is 6.92 Å². The van der Waals surface area contributed by atoms with Gasteiger partial charge in [-0.25, -0.2) is 4.21 Å². The van der Waals surface area contributed by atoms with E-state index in [1.807, 2.05) is 26.0 Å². The van der Waals surface area contributed by atoms with Gasteiger partial charge in [0.05, 0.1) is 23.5 Å². The van der Waals surface area contributed by atoms with Crippen molar-refractivity contribution in [1.29, 1.82) is 0 Å². The maximum absolute atomic E-state index is 12.6. The van der Waals surface area contributed by atoms with E-state index in [4.69, 9.17) is 16.0 Å². The molecule has 2 heterocycles. The molecule has 0 saturated carbocycles. The average Bonchev–Trinajstić information content (AvgIpc) is 3.19. The molecule has 0 fully saturated rings. The van der Waals surface area contributed by atoms with E-state index in [1.165, 1.54) is 6.20 Å².